The molecule has 0 aliphatic rings. The van der Waals surface area contributed by atoms with Crippen molar-refractivity contribution < 1.29 is 0 Å². The molecule has 1 atom stereocenters. The summed E-state index contributed by atoms with van der Waals surface area (Å²) < 4.78 is 0. The van der Waals surface area contributed by atoms with Gasteiger partial charge in [0.25, 0.3) is 0 Å². The fourth-order valence-electron chi connectivity index (χ4n) is 0.726. The molecule has 0 bridgehead atoms. The van der Waals surface area contributed by atoms with Gasteiger partial charge in [-0.2, -0.15) is 4.98 Å². The maximum absolute atomic E-state index is 5.62. The van der Waals surface area contributed by atoms with E-state index in [-0.39, 0.29) is 16.7 Å². The first kappa shape index (κ1) is 12.1. The van der Waals surface area contributed by atoms with Crippen LogP contribution in [0, 0.1) is 5.41 Å². The lowest BCUT2D eigenvalue weighted by atomic mass is 9.89. The van der Waals surface area contributed by atoms with Crippen LogP contribution in [0.4, 0.5) is 5.95 Å². The molecule has 1 heterocycles. The van der Waals surface area contributed by atoms with E-state index >= 15 is 0 Å². The van der Waals surface area contributed by atoms with E-state index in [0.717, 1.165) is 0 Å². The van der Waals surface area contributed by atoms with Crippen LogP contribution in [-0.4, -0.2) is 21.0 Å². The van der Waals surface area contributed by atoms with Crippen molar-refractivity contribution in [3.63, 3.8) is 0 Å². The van der Waals surface area contributed by atoms with E-state index in [4.69, 9.17) is 11.6 Å². The molecule has 0 aliphatic heterocycles. The lowest BCUT2D eigenvalue weighted by Crippen LogP contribution is -2.41. The summed E-state index contributed by atoms with van der Waals surface area (Å²) in [6, 6.07) is 0.271. The number of hydrazine groups is 1. The smallest absolute Gasteiger partial charge is 0.241 e. The fourth-order valence-corrected chi connectivity index (χ4v) is 0.850. The number of anilines is 1. The number of nitrogens with one attached hydrogen (secondary N) is 2. The van der Waals surface area contributed by atoms with Crippen molar-refractivity contribution in [3.8, 4) is 0 Å². The molecular weight excluding hydrogens is 214 g/mol. The van der Waals surface area contributed by atoms with Gasteiger partial charge in [0.15, 0.2) is 0 Å². The van der Waals surface area contributed by atoms with Gasteiger partial charge >= 0.3 is 0 Å². The van der Waals surface area contributed by atoms with Crippen LogP contribution in [0.5, 0.6) is 0 Å². The summed E-state index contributed by atoms with van der Waals surface area (Å²) in [7, 11) is 0. The number of hydrogen-bond acceptors (Lipinski definition) is 5. The molecule has 0 fully saturated rings. The lowest BCUT2D eigenvalue weighted by Gasteiger charge is -2.28. The molecule has 0 saturated carbocycles. The molecule has 6 heteroatoms. The van der Waals surface area contributed by atoms with Gasteiger partial charge in [0.1, 0.15) is 6.33 Å². The van der Waals surface area contributed by atoms with Gasteiger partial charge in [-0.15, -0.1) is 0 Å². The molecule has 1 aromatic rings. The second-order valence-electron chi connectivity index (χ2n) is 4.44. The average Bonchev–Trinajstić information content (AvgIpc) is 2.12. The molecule has 5 nitrogen and oxygen atoms in total. The third kappa shape index (κ3) is 3.97. The molecule has 0 aliphatic carbocycles. The van der Waals surface area contributed by atoms with Crippen LogP contribution in [0.3, 0.4) is 0 Å². The first-order chi connectivity index (χ1) is 6.89. The monoisotopic (exact) mass is 229 g/mol. The van der Waals surface area contributed by atoms with E-state index in [0.29, 0.717) is 5.95 Å². The van der Waals surface area contributed by atoms with Crippen LogP contribution in [0.15, 0.2) is 6.33 Å². The fraction of sp³-hybridized carbons (Fsp3) is 0.667. The Morgan fingerprint density at radius 3 is 2.53 bits per heavy atom. The summed E-state index contributed by atoms with van der Waals surface area (Å²) in [5, 5.41) is 0.178. The molecule has 0 spiro atoms. The summed E-state index contributed by atoms with van der Waals surface area (Å²) >= 11 is 5.62. The normalized spacial score (nSPS) is 13.7. The molecule has 1 unspecified atom stereocenters. The van der Waals surface area contributed by atoms with Crippen LogP contribution in [0.1, 0.15) is 27.7 Å². The van der Waals surface area contributed by atoms with Gasteiger partial charge < -0.3 is 0 Å². The number of halogens is 1. The van der Waals surface area contributed by atoms with E-state index in [2.05, 4.69) is 53.5 Å². The SMILES string of the molecule is CC(NNc1ncnc(Cl)n1)C(C)(C)C. The first-order valence-electron chi connectivity index (χ1n) is 4.75. The van der Waals surface area contributed by atoms with Gasteiger partial charge in [-0.25, -0.2) is 15.4 Å². The van der Waals surface area contributed by atoms with Crippen LogP contribution >= 0.6 is 11.6 Å². The third-order valence-electron chi connectivity index (χ3n) is 2.24. The number of nitrogens with zero attached hydrogens (tertiary/aromatic N) is 3. The maximum Gasteiger partial charge on any atom is 0.241 e. The van der Waals surface area contributed by atoms with Gasteiger partial charge in [-0.1, -0.05) is 20.8 Å². The number of aromatic nitrogens is 3. The highest BCUT2D eigenvalue weighted by molar-refractivity contribution is 6.28. The summed E-state index contributed by atoms with van der Waals surface area (Å²) in [6.45, 7) is 8.52. The van der Waals surface area contributed by atoms with Crippen molar-refractivity contribution in [1.82, 2.24) is 20.4 Å². The minimum absolute atomic E-state index is 0.157. The summed E-state index contributed by atoms with van der Waals surface area (Å²) in [5.74, 6) is 0.422. The van der Waals surface area contributed by atoms with Gasteiger partial charge in [0.2, 0.25) is 11.2 Å². The molecule has 15 heavy (non-hydrogen) atoms. The van der Waals surface area contributed by atoms with Crippen molar-refractivity contribution in [3.05, 3.63) is 11.6 Å². The van der Waals surface area contributed by atoms with Crippen molar-refractivity contribution in [2.75, 3.05) is 5.43 Å². The van der Waals surface area contributed by atoms with Crippen LogP contribution < -0.4 is 10.9 Å². The van der Waals surface area contributed by atoms with E-state index in [9.17, 15) is 0 Å². The Morgan fingerprint density at radius 2 is 2.00 bits per heavy atom. The predicted octanol–water partition coefficient (Wildman–Crippen LogP) is 1.88. The van der Waals surface area contributed by atoms with Crippen LogP contribution in [0.25, 0.3) is 0 Å². The molecule has 2 N–H and O–H groups in total. The zero-order valence-corrected chi connectivity index (χ0v) is 10.1. The van der Waals surface area contributed by atoms with Gasteiger partial charge in [0, 0.05) is 6.04 Å². The number of hydrogen-bond donors (Lipinski definition) is 2. The minimum atomic E-state index is 0.157. The second-order valence-corrected chi connectivity index (χ2v) is 4.77. The summed E-state index contributed by atoms with van der Waals surface area (Å²) in [6.07, 6.45) is 1.36. The molecule has 0 radical (unpaired) electrons. The Labute approximate surface area is 94.7 Å². The quantitative estimate of drug-likeness (QED) is 0.775. The molecule has 0 aromatic carbocycles. The van der Waals surface area contributed by atoms with E-state index in [1.165, 1.54) is 6.33 Å². The zero-order chi connectivity index (χ0) is 11.5. The second kappa shape index (κ2) is 4.72. The van der Waals surface area contributed by atoms with Crippen LogP contribution in [-0.2, 0) is 0 Å². The van der Waals surface area contributed by atoms with Crippen molar-refractivity contribution in [2.45, 2.75) is 33.7 Å². The molecule has 84 valence electrons. The highest BCUT2D eigenvalue weighted by Gasteiger charge is 2.19. The van der Waals surface area contributed by atoms with Crippen molar-refractivity contribution in [1.29, 1.82) is 0 Å². The molecule has 1 aromatic heterocycles. The molecule has 0 amide bonds. The minimum Gasteiger partial charge on any atom is -0.289 e. The average molecular weight is 230 g/mol. The predicted molar refractivity (Wildman–Crippen MR) is 60.5 cm³/mol. The first-order valence-corrected chi connectivity index (χ1v) is 5.13. The Morgan fingerprint density at radius 1 is 1.33 bits per heavy atom. The highest BCUT2D eigenvalue weighted by Crippen LogP contribution is 2.18. The topological polar surface area (TPSA) is 62.7 Å². The van der Waals surface area contributed by atoms with E-state index in [1.807, 2.05) is 0 Å². The van der Waals surface area contributed by atoms with Gasteiger partial charge in [-0.05, 0) is 23.9 Å². The lowest BCUT2D eigenvalue weighted by molar-refractivity contribution is 0.299. The Hall–Kier alpha value is -0.940. The maximum atomic E-state index is 5.62. The van der Waals surface area contributed by atoms with Crippen LogP contribution in [0.2, 0.25) is 5.28 Å². The van der Waals surface area contributed by atoms with E-state index < -0.39 is 0 Å². The van der Waals surface area contributed by atoms with E-state index in [1.54, 1.807) is 0 Å². The molecule has 0 saturated heterocycles. The largest absolute Gasteiger partial charge is 0.289 e. The summed E-state index contributed by atoms with van der Waals surface area (Å²) in [4.78, 5) is 11.5. The Kier molecular flexibility index (Phi) is 3.82. The molecule has 1 rings (SSSR count). The van der Waals surface area contributed by atoms with Crippen molar-refractivity contribution >= 4 is 17.5 Å². The van der Waals surface area contributed by atoms with Crippen molar-refractivity contribution in [2.24, 2.45) is 5.41 Å². The molecular formula is C9H16ClN5. The zero-order valence-electron chi connectivity index (χ0n) is 9.37. The van der Waals surface area contributed by atoms with Gasteiger partial charge in [-0.3, -0.25) is 5.43 Å². The van der Waals surface area contributed by atoms with Gasteiger partial charge in [0.05, 0.1) is 0 Å². The number of rotatable bonds is 3. The standard InChI is InChI=1S/C9H16ClN5/c1-6(9(2,3)4)14-15-8-12-5-11-7(10)13-8/h5-6,14H,1-4H3,(H,11,12,13,15). The third-order valence-corrected chi connectivity index (χ3v) is 2.42. The summed E-state index contributed by atoms with van der Waals surface area (Å²) in [5.41, 5.74) is 6.16. The Balaban J connectivity index is 2.51. The Bertz CT molecular complexity index is 323. The highest BCUT2D eigenvalue weighted by atomic mass is 35.5.